The average molecular weight is 329 g/mol. The molecule has 2 aliphatic heterocycles. The maximum absolute atomic E-state index is 14.1. The minimum Gasteiger partial charge on any atom is -0.338 e. The van der Waals surface area contributed by atoms with Gasteiger partial charge >= 0.3 is 0 Å². The molecule has 0 aliphatic carbocycles. The second kappa shape index (κ2) is 7.31. The van der Waals surface area contributed by atoms with Gasteiger partial charge in [-0.25, -0.2) is 4.39 Å². The van der Waals surface area contributed by atoms with Gasteiger partial charge in [0.1, 0.15) is 5.82 Å². The summed E-state index contributed by atoms with van der Waals surface area (Å²) in [7, 11) is 0. The Bertz CT molecular complexity index is 655. The van der Waals surface area contributed by atoms with Crippen LogP contribution in [0.15, 0.2) is 18.2 Å². The maximum Gasteiger partial charge on any atom is 0.222 e. The van der Waals surface area contributed by atoms with Crippen LogP contribution in [0, 0.1) is 17.1 Å². The molecule has 0 bridgehead atoms. The minimum absolute atomic E-state index is 0.224. The highest BCUT2D eigenvalue weighted by molar-refractivity contribution is 5.76. The van der Waals surface area contributed by atoms with Crippen molar-refractivity contribution in [1.82, 2.24) is 9.80 Å². The predicted octanol–water partition coefficient (Wildman–Crippen LogP) is 3.06. The van der Waals surface area contributed by atoms with E-state index < -0.39 is 0 Å². The van der Waals surface area contributed by atoms with Crippen LogP contribution in [0.5, 0.6) is 0 Å². The van der Waals surface area contributed by atoms with E-state index in [4.69, 9.17) is 5.26 Å². The van der Waals surface area contributed by atoms with Crippen LogP contribution in [0.25, 0.3) is 0 Å². The highest BCUT2D eigenvalue weighted by atomic mass is 19.1. The lowest BCUT2D eigenvalue weighted by Gasteiger charge is -2.35. The summed E-state index contributed by atoms with van der Waals surface area (Å²) in [5.41, 5.74) is 1.07. The number of rotatable bonds is 4. The molecular formula is C19H24FN3O. The molecule has 3 rings (SSSR count). The number of nitriles is 1. The van der Waals surface area contributed by atoms with E-state index in [1.807, 2.05) is 11.8 Å². The molecule has 1 aromatic carbocycles. The zero-order chi connectivity index (χ0) is 17.1. The van der Waals surface area contributed by atoms with E-state index in [0.717, 1.165) is 38.8 Å². The number of halogens is 1. The smallest absolute Gasteiger partial charge is 0.222 e. The van der Waals surface area contributed by atoms with Crippen molar-refractivity contribution in [3.63, 3.8) is 0 Å². The van der Waals surface area contributed by atoms with E-state index in [-0.39, 0.29) is 17.8 Å². The van der Waals surface area contributed by atoms with Gasteiger partial charge < -0.3 is 4.90 Å². The van der Waals surface area contributed by atoms with Crippen molar-refractivity contribution in [1.29, 1.82) is 5.26 Å². The Morgan fingerprint density at radius 1 is 1.29 bits per heavy atom. The van der Waals surface area contributed by atoms with E-state index in [2.05, 4.69) is 11.0 Å². The molecular weight excluding hydrogens is 305 g/mol. The van der Waals surface area contributed by atoms with Gasteiger partial charge in [-0.1, -0.05) is 6.92 Å². The van der Waals surface area contributed by atoms with Gasteiger partial charge in [-0.2, -0.15) is 5.26 Å². The lowest BCUT2D eigenvalue weighted by molar-refractivity contribution is -0.132. The molecule has 2 saturated heterocycles. The Balaban J connectivity index is 1.76. The summed E-state index contributed by atoms with van der Waals surface area (Å²) in [5, 5.41) is 9.03. The number of amides is 1. The van der Waals surface area contributed by atoms with Crippen molar-refractivity contribution in [2.45, 2.75) is 57.7 Å². The van der Waals surface area contributed by atoms with Crippen LogP contribution >= 0.6 is 0 Å². The van der Waals surface area contributed by atoms with E-state index in [9.17, 15) is 9.18 Å². The molecule has 2 aliphatic rings. The Labute approximate surface area is 142 Å². The molecule has 4 nitrogen and oxygen atoms in total. The van der Waals surface area contributed by atoms with Crippen LogP contribution in [-0.2, 0) is 11.3 Å². The highest BCUT2D eigenvalue weighted by Gasteiger charge is 2.39. The third-order valence-corrected chi connectivity index (χ3v) is 5.33. The van der Waals surface area contributed by atoms with E-state index in [0.29, 0.717) is 30.1 Å². The molecule has 5 heteroatoms. The largest absolute Gasteiger partial charge is 0.338 e. The van der Waals surface area contributed by atoms with Crippen LogP contribution in [-0.4, -0.2) is 40.9 Å². The quantitative estimate of drug-likeness (QED) is 0.853. The Kier molecular flexibility index (Phi) is 5.15. The Morgan fingerprint density at radius 3 is 2.79 bits per heavy atom. The van der Waals surface area contributed by atoms with Crippen molar-refractivity contribution < 1.29 is 9.18 Å². The molecule has 24 heavy (non-hydrogen) atoms. The standard InChI is InChI=1S/C19H24FN3O/c1-2-19(24)23-10-4-6-18(23)17-5-3-9-22(17)13-15-11-14(12-21)7-8-16(15)20/h7-8,11,17-18H,2-6,9-10,13H2,1H3/t17-,18-/m1/s1. The van der Waals surface area contributed by atoms with Gasteiger partial charge in [0, 0.05) is 37.2 Å². The van der Waals surface area contributed by atoms with Gasteiger partial charge in [-0.3, -0.25) is 9.69 Å². The van der Waals surface area contributed by atoms with Crippen molar-refractivity contribution >= 4 is 5.91 Å². The number of benzene rings is 1. The summed E-state index contributed by atoms with van der Waals surface area (Å²) in [6.07, 6.45) is 4.77. The summed E-state index contributed by atoms with van der Waals surface area (Å²) >= 11 is 0. The van der Waals surface area contributed by atoms with Crippen molar-refractivity contribution in [3.05, 3.63) is 35.1 Å². The third kappa shape index (κ3) is 3.29. The Morgan fingerprint density at radius 2 is 2.04 bits per heavy atom. The van der Waals surface area contributed by atoms with Crippen molar-refractivity contribution in [3.8, 4) is 6.07 Å². The second-order valence-electron chi connectivity index (χ2n) is 6.75. The third-order valence-electron chi connectivity index (χ3n) is 5.33. The van der Waals surface area contributed by atoms with Crippen LogP contribution in [0.2, 0.25) is 0 Å². The fraction of sp³-hybridized carbons (Fsp3) is 0.579. The summed E-state index contributed by atoms with van der Waals surface area (Å²) in [5.74, 6) is -0.0328. The molecule has 1 amide bonds. The van der Waals surface area contributed by atoms with Gasteiger partial charge in [0.15, 0.2) is 0 Å². The summed E-state index contributed by atoms with van der Waals surface area (Å²) in [4.78, 5) is 16.5. The van der Waals surface area contributed by atoms with Crippen LogP contribution < -0.4 is 0 Å². The van der Waals surface area contributed by atoms with Crippen molar-refractivity contribution in [2.75, 3.05) is 13.1 Å². The normalized spacial score (nSPS) is 24.3. The number of hydrogen-bond acceptors (Lipinski definition) is 3. The lowest BCUT2D eigenvalue weighted by Crippen LogP contribution is -2.47. The first-order chi connectivity index (χ1) is 11.6. The maximum atomic E-state index is 14.1. The number of likely N-dealkylation sites (tertiary alicyclic amines) is 2. The number of carbonyl (C=O) groups is 1. The van der Waals surface area contributed by atoms with Crippen LogP contribution in [0.4, 0.5) is 4.39 Å². The molecule has 0 N–H and O–H groups in total. The first-order valence-electron chi connectivity index (χ1n) is 8.86. The zero-order valence-corrected chi connectivity index (χ0v) is 14.2. The number of nitrogens with zero attached hydrogens (tertiary/aromatic N) is 3. The van der Waals surface area contributed by atoms with Gasteiger partial charge in [0.2, 0.25) is 5.91 Å². The number of carbonyl (C=O) groups excluding carboxylic acids is 1. The van der Waals surface area contributed by atoms with Crippen LogP contribution in [0.3, 0.4) is 0 Å². The van der Waals surface area contributed by atoms with Gasteiger partial charge in [-0.15, -0.1) is 0 Å². The van der Waals surface area contributed by atoms with E-state index in [1.54, 1.807) is 6.07 Å². The molecule has 2 atom stereocenters. The van der Waals surface area contributed by atoms with E-state index in [1.165, 1.54) is 12.1 Å². The second-order valence-corrected chi connectivity index (χ2v) is 6.75. The summed E-state index contributed by atoms with van der Waals surface area (Å²) in [6, 6.07) is 7.16. The molecule has 0 spiro atoms. The fourth-order valence-electron chi connectivity index (χ4n) is 4.17. The molecule has 0 saturated carbocycles. The fourth-order valence-corrected chi connectivity index (χ4v) is 4.17. The topological polar surface area (TPSA) is 47.3 Å². The number of hydrogen-bond donors (Lipinski definition) is 0. The Hall–Kier alpha value is -1.93. The minimum atomic E-state index is -0.257. The molecule has 2 heterocycles. The predicted molar refractivity (Wildman–Crippen MR) is 89.6 cm³/mol. The van der Waals surface area contributed by atoms with Crippen molar-refractivity contribution in [2.24, 2.45) is 0 Å². The highest BCUT2D eigenvalue weighted by Crippen LogP contribution is 2.31. The first-order valence-corrected chi connectivity index (χ1v) is 8.86. The first kappa shape index (κ1) is 16.9. The zero-order valence-electron chi connectivity index (χ0n) is 14.2. The van der Waals surface area contributed by atoms with Gasteiger partial charge in [0.05, 0.1) is 11.6 Å². The lowest BCUT2D eigenvalue weighted by atomic mass is 10.0. The average Bonchev–Trinajstić information content (AvgIpc) is 3.24. The molecule has 0 unspecified atom stereocenters. The van der Waals surface area contributed by atoms with E-state index >= 15 is 0 Å². The molecule has 128 valence electrons. The summed E-state index contributed by atoms with van der Waals surface area (Å²) < 4.78 is 14.1. The molecule has 0 aromatic heterocycles. The monoisotopic (exact) mass is 329 g/mol. The van der Waals surface area contributed by atoms with Gasteiger partial charge in [-0.05, 0) is 50.4 Å². The van der Waals surface area contributed by atoms with Crippen LogP contribution in [0.1, 0.15) is 50.2 Å². The molecule has 0 radical (unpaired) electrons. The van der Waals surface area contributed by atoms with Gasteiger partial charge in [0.25, 0.3) is 0 Å². The molecule has 1 aromatic rings. The molecule has 2 fully saturated rings. The summed E-state index contributed by atoms with van der Waals surface area (Å²) in [6.45, 7) is 4.19. The SMILES string of the molecule is CCC(=O)N1CCC[C@@H]1[C@H]1CCCN1Cc1cc(C#N)ccc1F.